The predicted octanol–water partition coefficient (Wildman–Crippen LogP) is 3.97. The summed E-state index contributed by atoms with van der Waals surface area (Å²) in [6, 6.07) is 13.4. The van der Waals surface area contributed by atoms with E-state index in [9.17, 15) is 9.00 Å². The van der Waals surface area contributed by atoms with Crippen molar-refractivity contribution < 1.29 is 18.5 Å². The molecule has 1 aliphatic heterocycles. The Morgan fingerprint density at radius 3 is 2.62 bits per heavy atom. The fourth-order valence-corrected chi connectivity index (χ4v) is 6.38. The molecule has 1 atom stereocenters. The van der Waals surface area contributed by atoms with Crippen LogP contribution in [0.25, 0.3) is 0 Å². The molecular formula is C28H36N4O4S. The second-order valence-corrected chi connectivity index (χ2v) is 11.9. The minimum atomic E-state index is -2.71. The lowest BCUT2D eigenvalue weighted by Gasteiger charge is -2.31. The maximum Gasteiger partial charge on any atom is 0.261 e. The SMILES string of the molecule is C=S(=O)(c1cc(N(C)C(=O)c2cn(Cc3cccc(OC)c3)nc2C(C)C)ccc1C)N1CCOCC1. The smallest absolute Gasteiger partial charge is 0.261 e. The molecule has 1 amide bonds. The normalized spacial score (nSPS) is 15.9. The zero-order chi connectivity index (χ0) is 26.7. The van der Waals surface area contributed by atoms with Crippen LogP contribution < -0.4 is 9.64 Å². The van der Waals surface area contributed by atoms with Crippen LogP contribution in [0.15, 0.2) is 53.6 Å². The van der Waals surface area contributed by atoms with Gasteiger partial charge in [-0.2, -0.15) is 5.10 Å². The van der Waals surface area contributed by atoms with Crippen LogP contribution in [0.3, 0.4) is 0 Å². The number of hydrogen-bond donors (Lipinski definition) is 0. The van der Waals surface area contributed by atoms with E-state index in [4.69, 9.17) is 14.6 Å². The van der Waals surface area contributed by atoms with Crippen molar-refractivity contribution in [3.05, 3.63) is 71.0 Å². The van der Waals surface area contributed by atoms with Gasteiger partial charge in [0.2, 0.25) is 0 Å². The first kappa shape index (κ1) is 26.9. The zero-order valence-corrected chi connectivity index (χ0v) is 23.1. The Labute approximate surface area is 219 Å². The molecule has 0 N–H and O–H groups in total. The number of nitrogens with zero attached hydrogens (tertiary/aromatic N) is 4. The number of carbonyl (C=O) groups is 1. The number of benzene rings is 2. The van der Waals surface area contributed by atoms with Crippen molar-refractivity contribution in [2.24, 2.45) is 0 Å². The van der Waals surface area contributed by atoms with Gasteiger partial charge in [0.05, 0.1) is 47.8 Å². The van der Waals surface area contributed by atoms with E-state index in [1.807, 2.05) is 67.5 Å². The summed E-state index contributed by atoms with van der Waals surface area (Å²) in [5, 5.41) is 4.74. The Bertz CT molecular complexity index is 1370. The monoisotopic (exact) mass is 524 g/mol. The van der Waals surface area contributed by atoms with Gasteiger partial charge in [-0.05, 0) is 54.1 Å². The summed E-state index contributed by atoms with van der Waals surface area (Å²) >= 11 is 0. The van der Waals surface area contributed by atoms with Crippen molar-refractivity contribution in [1.29, 1.82) is 0 Å². The largest absolute Gasteiger partial charge is 0.497 e. The fraction of sp³-hybridized carbons (Fsp3) is 0.393. The first-order chi connectivity index (χ1) is 17.6. The number of ether oxygens (including phenoxy) is 2. The highest BCUT2D eigenvalue weighted by Gasteiger charge is 2.26. The molecule has 37 heavy (non-hydrogen) atoms. The summed E-state index contributed by atoms with van der Waals surface area (Å²) < 4.78 is 28.2. The summed E-state index contributed by atoms with van der Waals surface area (Å²) in [5.41, 5.74) is 3.85. The quantitative estimate of drug-likeness (QED) is 0.417. The van der Waals surface area contributed by atoms with Crippen LogP contribution in [0.5, 0.6) is 5.75 Å². The third-order valence-electron chi connectivity index (χ3n) is 6.64. The topological polar surface area (TPSA) is 76.9 Å². The van der Waals surface area contributed by atoms with Crippen molar-refractivity contribution in [3.8, 4) is 5.75 Å². The molecule has 0 saturated carbocycles. The van der Waals surface area contributed by atoms with Gasteiger partial charge in [0, 0.05) is 36.9 Å². The second-order valence-electron chi connectivity index (χ2n) is 9.63. The minimum absolute atomic E-state index is 0.0624. The number of rotatable bonds is 8. The molecule has 0 aliphatic carbocycles. The van der Waals surface area contributed by atoms with Gasteiger partial charge in [-0.15, -0.1) is 0 Å². The molecule has 2 heterocycles. The number of aromatic nitrogens is 2. The van der Waals surface area contributed by atoms with Gasteiger partial charge < -0.3 is 14.4 Å². The molecule has 0 bridgehead atoms. The Morgan fingerprint density at radius 1 is 1.22 bits per heavy atom. The summed E-state index contributed by atoms with van der Waals surface area (Å²) in [4.78, 5) is 16.0. The Balaban J connectivity index is 1.63. The standard InChI is InChI=1S/C28H36N4O4S/c1-20(2)27-25(19-31(29-27)18-22-8-7-9-24(16-22)35-5)28(33)30(4)23-11-10-21(3)26(17-23)37(6,34)32-12-14-36-15-13-32/h7-11,16-17,19-20H,6,12-15,18H2,1-5H3. The van der Waals surface area contributed by atoms with Crippen LogP contribution >= 0.6 is 0 Å². The Kier molecular flexibility index (Phi) is 8.06. The van der Waals surface area contributed by atoms with E-state index in [-0.39, 0.29) is 11.8 Å². The molecule has 4 rings (SSSR count). The minimum Gasteiger partial charge on any atom is -0.497 e. The van der Waals surface area contributed by atoms with Gasteiger partial charge in [0.1, 0.15) is 5.75 Å². The van der Waals surface area contributed by atoms with E-state index < -0.39 is 9.71 Å². The van der Waals surface area contributed by atoms with Crippen LogP contribution in [-0.2, 0) is 21.0 Å². The first-order valence-electron chi connectivity index (χ1n) is 12.4. The summed E-state index contributed by atoms with van der Waals surface area (Å²) in [6.45, 7) is 8.68. The Hall–Kier alpha value is -3.14. The molecule has 0 radical (unpaired) electrons. The molecule has 1 saturated heterocycles. The van der Waals surface area contributed by atoms with E-state index in [0.717, 1.165) is 22.6 Å². The number of aryl methyl sites for hydroxylation is 1. The van der Waals surface area contributed by atoms with Crippen molar-refractivity contribution in [2.75, 3.05) is 45.4 Å². The average molecular weight is 525 g/mol. The molecule has 3 aromatic rings. The molecule has 1 aliphatic rings. The van der Waals surface area contributed by atoms with E-state index in [2.05, 4.69) is 5.87 Å². The van der Waals surface area contributed by atoms with E-state index in [0.29, 0.717) is 49.0 Å². The maximum atomic E-state index is 13.8. The predicted molar refractivity (Wildman–Crippen MR) is 148 cm³/mol. The molecule has 198 valence electrons. The van der Waals surface area contributed by atoms with Crippen molar-refractivity contribution in [2.45, 2.75) is 38.1 Å². The van der Waals surface area contributed by atoms with Crippen molar-refractivity contribution in [3.63, 3.8) is 0 Å². The number of amides is 1. The van der Waals surface area contributed by atoms with Crippen LogP contribution in [0.2, 0.25) is 0 Å². The molecule has 1 aromatic heterocycles. The number of hydrogen-bond acceptors (Lipinski definition) is 5. The molecule has 9 heteroatoms. The number of carbonyl (C=O) groups excluding carboxylic acids is 1. The Morgan fingerprint density at radius 2 is 1.95 bits per heavy atom. The van der Waals surface area contributed by atoms with Gasteiger partial charge in [-0.1, -0.05) is 32.0 Å². The molecular weight excluding hydrogens is 488 g/mol. The highest BCUT2D eigenvalue weighted by molar-refractivity contribution is 7.98. The van der Waals surface area contributed by atoms with Gasteiger partial charge in [-0.3, -0.25) is 9.48 Å². The molecule has 2 aromatic carbocycles. The van der Waals surface area contributed by atoms with Crippen LogP contribution in [0.1, 0.15) is 46.9 Å². The maximum absolute atomic E-state index is 13.8. The fourth-order valence-electron chi connectivity index (χ4n) is 4.49. The zero-order valence-electron chi connectivity index (χ0n) is 22.3. The third-order valence-corrected chi connectivity index (χ3v) is 8.97. The second kappa shape index (κ2) is 11.1. The molecule has 1 fully saturated rings. The van der Waals surface area contributed by atoms with E-state index in [1.165, 1.54) is 0 Å². The first-order valence-corrected chi connectivity index (χ1v) is 14.1. The van der Waals surface area contributed by atoms with Crippen molar-refractivity contribution >= 4 is 27.2 Å². The molecule has 8 nitrogen and oxygen atoms in total. The lowest BCUT2D eigenvalue weighted by molar-refractivity contribution is 0.0749. The number of anilines is 1. The van der Waals surface area contributed by atoms with Crippen LogP contribution in [0.4, 0.5) is 5.69 Å². The summed E-state index contributed by atoms with van der Waals surface area (Å²) in [6.07, 6.45) is 1.81. The highest BCUT2D eigenvalue weighted by Crippen LogP contribution is 2.28. The molecule has 1 unspecified atom stereocenters. The molecule has 0 spiro atoms. The summed E-state index contributed by atoms with van der Waals surface area (Å²) in [5.74, 6) is 4.76. The lowest BCUT2D eigenvalue weighted by atomic mass is 10.1. The van der Waals surface area contributed by atoms with Gasteiger partial charge in [-0.25, -0.2) is 8.51 Å². The van der Waals surface area contributed by atoms with Gasteiger partial charge in [0.25, 0.3) is 5.91 Å². The van der Waals surface area contributed by atoms with E-state index >= 15 is 0 Å². The van der Waals surface area contributed by atoms with Gasteiger partial charge in [0.15, 0.2) is 0 Å². The van der Waals surface area contributed by atoms with Crippen LogP contribution in [0, 0.1) is 6.92 Å². The average Bonchev–Trinajstić information content (AvgIpc) is 3.32. The van der Waals surface area contributed by atoms with E-state index in [1.54, 1.807) is 29.9 Å². The number of methoxy groups -OCH3 is 1. The lowest BCUT2D eigenvalue weighted by Crippen LogP contribution is -2.40. The van der Waals surface area contributed by atoms with Gasteiger partial charge >= 0.3 is 0 Å². The van der Waals surface area contributed by atoms with Crippen molar-refractivity contribution in [1.82, 2.24) is 14.1 Å². The van der Waals surface area contributed by atoms with Crippen LogP contribution in [-0.4, -0.2) is 70.5 Å². The number of morpholine rings is 1. The highest BCUT2D eigenvalue weighted by atomic mass is 32.2. The summed E-state index contributed by atoms with van der Waals surface area (Å²) in [7, 11) is 0.668. The third kappa shape index (κ3) is 5.74.